The number of methoxy groups -OCH3 is 1. The Labute approximate surface area is 206 Å². The first kappa shape index (κ1) is 25.9. The van der Waals surface area contributed by atoms with E-state index in [4.69, 9.17) is 24.0 Å². The Balaban J connectivity index is 1.42. The maximum atomic E-state index is 6.19. The molecule has 3 fully saturated rings. The second-order valence-corrected chi connectivity index (χ2v) is 10.8. The monoisotopic (exact) mass is 476 g/mol. The molecule has 0 aromatic heterocycles. The average Bonchev–Trinajstić information content (AvgIpc) is 2.83. The largest absolute Gasteiger partial charge is 0.494 e. The summed E-state index contributed by atoms with van der Waals surface area (Å²) < 4.78 is 19.2. The quantitative estimate of drug-likeness (QED) is 0.233. The molecule has 3 aliphatic rings. The minimum Gasteiger partial charge on any atom is -0.494 e. The zero-order valence-electron chi connectivity index (χ0n) is 22.0. The number of benzene rings is 1. The van der Waals surface area contributed by atoms with E-state index in [1.165, 1.54) is 6.42 Å². The van der Waals surface area contributed by atoms with Crippen molar-refractivity contribution in [2.75, 3.05) is 53.6 Å². The molecule has 192 valence electrons. The van der Waals surface area contributed by atoms with Gasteiger partial charge in [-0.05, 0) is 82.8 Å². The first-order chi connectivity index (χ1) is 16.5. The molecule has 1 saturated heterocycles. The maximum absolute atomic E-state index is 6.19. The van der Waals surface area contributed by atoms with Crippen molar-refractivity contribution in [1.29, 1.82) is 0 Å². The minimum atomic E-state index is -0.861. The predicted molar refractivity (Wildman–Crippen MR) is 132 cm³/mol. The molecule has 0 N–H and O–H groups in total. The Bertz CT molecular complexity index is 779. The minimum absolute atomic E-state index is 0.413. The molecule has 0 radical (unpaired) electrons. The van der Waals surface area contributed by atoms with Gasteiger partial charge in [-0.25, -0.2) is 4.89 Å². The molecule has 1 aliphatic heterocycles. The van der Waals surface area contributed by atoms with Crippen molar-refractivity contribution in [2.45, 2.75) is 70.7 Å². The van der Waals surface area contributed by atoms with E-state index in [1.54, 1.807) is 7.11 Å². The van der Waals surface area contributed by atoms with Crippen LogP contribution in [0.25, 0.3) is 0 Å². The Morgan fingerprint density at radius 2 is 1.76 bits per heavy atom. The van der Waals surface area contributed by atoms with Crippen molar-refractivity contribution in [3.05, 3.63) is 29.8 Å². The molecule has 1 aromatic rings. The van der Waals surface area contributed by atoms with E-state index in [1.807, 2.05) is 19.1 Å². The molecular formula is C28H46NO5+. The molecule has 2 aliphatic carbocycles. The number of rotatable bonds is 12. The Morgan fingerprint density at radius 3 is 2.35 bits per heavy atom. The summed E-state index contributed by atoms with van der Waals surface area (Å²) >= 11 is 0. The van der Waals surface area contributed by atoms with Crippen LogP contribution in [0.4, 0.5) is 0 Å². The SMILES string of the molecule is CCOc1cccc(C2(OC)OOC23C2CCCC3CC(CCOCC[N+](C)(CC)CC)C2)c1. The van der Waals surface area contributed by atoms with Crippen LogP contribution >= 0.6 is 0 Å². The lowest BCUT2D eigenvalue weighted by molar-refractivity contribution is -0.906. The first-order valence-corrected chi connectivity index (χ1v) is 13.5. The normalized spacial score (nSPS) is 33.0. The molecule has 1 aromatic carbocycles. The summed E-state index contributed by atoms with van der Waals surface area (Å²) in [4.78, 5) is 12.1. The second-order valence-electron chi connectivity index (χ2n) is 10.8. The molecule has 1 spiro atoms. The van der Waals surface area contributed by atoms with Gasteiger partial charge in [0.05, 0.1) is 33.4 Å². The van der Waals surface area contributed by atoms with Crippen molar-refractivity contribution >= 4 is 0 Å². The molecule has 34 heavy (non-hydrogen) atoms. The summed E-state index contributed by atoms with van der Waals surface area (Å²) in [5, 5.41) is 0. The maximum Gasteiger partial charge on any atom is 0.260 e. The lowest BCUT2D eigenvalue weighted by Gasteiger charge is -2.65. The summed E-state index contributed by atoms with van der Waals surface area (Å²) in [6.45, 7) is 12.3. The summed E-state index contributed by atoms with van der Waals surface area (Å²) in [5.41, 5.74) is 0.586. The summed E-state index contributed by atoms with van der Waals surface area (Å²) in [5.74, 6) is 1.51. The standard InChI is InChI=1S/C28H46NO5/c1-6-29(4,7-2)16-18-31-17-15-22-19-23-11-9-12-24(20-22)27(23)28(30-5,34-33-27)25-13-10-14-26(21-25)32-8-3/h10,13-14,21-24H,6-9,11-12,15-20H2,1-5H3/q+1. The van der Waals surface area contributed by atoms with E-state index in [2.05, 4.69) is 33.0 Å². The van der Waals surface area contributed by atoms with Gasteiger partial charge in [-0.2, -0.15) is 4.89 Å². The van der Waals surface area contributed by atoms with Crippen molar-refractivity contribution in [3.63, 3.8) is 0 Å². The lowest BCUT2D eigenvalue weighted by atomic mass is 9.54. The van der Waals surface area contributed by atoms with Gasteiger partial charge in [0.15, 0.2) is 5.60 Å². The number of ether oxygens (including phenoxy) is 3. The van der Waals surface area contributed by atoms with Crippen LogP contribution in [0.1, 0.15) is 64.9 Å². The Hall–Kier alpha value is -1.18. The van der Waals surface area contributed by atoms with Gasteiger partial charge in [-0.1, -0.05) is 18.6 Å². The van der Waals surface area contributed by atoms with Gasteiger partial charge in [0.25, 0.3) is 5.79 Å². The highest BCUT2D eigenvalue weighted by atomic mass is 17.3. The molecule has 3 unspecified atom stereocenters. The first-order valence-electron chi connectivity index (χ1n) is 13.5. The van der Waals surface area contributed by atoms with Crippen LogP contribution < -0.4 is 4.74 Å². The lowest BCUT2D eigenvalue weighted by Crippen LogP contribution is -2.74. The van der Waals surface area contributed by atoms with E-state index in [-0.39, 0.29) is 0 Å². The van der Waals surface area contributed by atoms with E-state index >= 15 is 0 Å². The van der Waals surface area contributed by atoms with Gasteiger partial charge in [0.2, 0.25) is 0 Å². The molecule has 2 bridgehead atoms. The smallest absolute Gasteiger partial charge is 0.260 e. The topological polar surface area (TPSA) is 46.2 Å². The molecule has 1 heterocycles. The van der Waals surface area contributed by atoms with Gasteiger partial charge in [-0.15, -0.1) is 0 Å². The number of hydrogen-bond acceptors (Lipinski definition) is 5. The molecule has 4 rings (SSSR count). The van der Waals surface area contributed by atoms with Crippen LogP contribution in [0.3, 0.4) is 0 Å². The van der Waals surface area contributed by atoms with Gasteiger partial charge in [-0.3, -0.25) is 0 Å². The number of nitrogens with zero attached hydrogens (tertiary/aromatic N) is 1. The number of quaternary nitrogens is 1. The van der Waals surface area contributed by atoms with Crippen LogP contribution in [0.15, 0.2) is 24.3 Å². The highest BCUT2D eigenvalue weighted by Gasteiger charge is 2.74. The van der Waals surface area contributed by atoms with Gasteiger partial charge in [0, 0.05) is 19.3 Å². The summed E-state index contributed by atoms with van der Waals surface area (Å²) in [7, 11) is 4.07. The molecular weight excluding hydrogens is 430 g/mol. The summed E-state index contributed by atoms with van der Waals surface area (Å²) in [6.07, 6.45) is 7.01. The average molecular weight is 477 g/mol. The van der Waals surface area contributed by atoms with Crippen LogP contribution in [0, 0.1) is 17.8 Å². The fourth-order valence-electron chi connectivity index (χ4n) is 6.70. The highest BCUT2D eigenvalue weighted by molar-refractivity contribution is 5.35. The number of likely N-dealkylation sites (N-methyl/N-ethyl adjacent to an activating group) is 1. The second kappa shape index (κ2) is 10.8. The zero-order chi connectivity index (χ0) is 24.2. The fourth-order valence-corrected chi connectivity index (χ4v) is 6.70. The van der Waals surface area contributed by atoms with E-state index < -0.39 is 11.4 Å². The van der Waals surface area contributed by atoms with Crippen molar-refractivity contribution in [2.24, 2.45) is 17.8 Å². The third kappa shape index (κ3) is 4.53. The van der Waals surface area contributed by atoms with E-state index in [0.717, 1.165) is 80.7 Å². The Morgan fingerprint density at radius 1 is 1.03 bits per heavy atom. The molecule has 6 nitrogen and oxygen atoms in total. The Kier molecular flexibility index (Phi) is 8.25. The predicted octanol–water partition coefficient (Wildman–Crippen LogP) is 5.30. The van der Waals surface area contributed by atoms with E-state index in [9.17, 15) is 0 Å². The molecule has 2 saturated carbocycles. The fraction of sp³-hybridized carbons (Fsp3) is 0.786. The molecule has 0 amide bonds. The zero-order valence-corrected chi connectivity index (χ0v) is 22.0. The van der Waals surface area contributed by atoms with Crippen molar-refractivity contribution in [3.8, 4) is 5.75 Å². The molecule has 3 atom stereocenters. The third-order valence-corrected chi connectivity index (χ3v) is 9.15. The highest BCUT2D eigenvalue weighted by Crippen LogP contribution is 2.65. The van der Waals surface area contributed by atoms with Crippen LogP contribution in [0.2, 0.25) is 0 Å². The summed E-state index contributed by atoms with van der Waals surface area (Å²) in [6, 6.07) is 8.16. The van der Waals surface area contributed by atoms with Crippen LogP contribution in [-0.4, -0.2) is 63.7 Å². The van der Waals surface area contributed by atoms with Crippen molar-refractivity contribution < 1.29 is 28.5 Å². The van der Waals surface area contributed by atoms with Gasteiger partial charge < -0.3 is 18.7 Å². The van der Waals surface area contributed by atoms with Gasteiger partial charge in [0.1, 0.15) is 12.3 Å². The van der Waals surface area contributed by atoms with Crippen LogP contribution in [-0.2, 0) is 25.0 Å². The third-order valence-electron chi connectivity index (χ3n) is 9.15. The van der Waals surface area contributed by atoms with Crippen LogP contribution in [0.5, 0.6) is 5.75 Å². The number of hydrogen-bond donors (Lipinski definition) is 0. The molecule has 6 heteroatoms. The van der Waals surface area contributed by atoms with Gasteiger partial charge >= 0.3 is 0 Å². The van der Waals surface area contributed by atoms with E-state index in [0.29, 0.717) is 24.4 Å². The van der Waals surface area contributed by atoms with Crippen molar-refractivity contribution in [1.82, 2.24) is 0 Å².